The summed E-state index contributed by atoms with van der Waals surface area (Å²) < 4.78 is 13.2. The van der Waals surface area contributed by atoms with Crippen LogP contribution in [0.5, 0.6) is 0 Å². The molecule has 1 aromatic rings. The molecule has 0 radical (unpaired) electrons. The van der Waals surface area contributed by atoms with E-state index in [9.17, 15) is 28.8 Å². The van der Waals surface area contributed by atoms with Gasteiger partial charge in [0.05, 0.1) is 19.7 Å². The van der Waals surface area contributed by atoms with Crippen molar-refractivity contribution in [3.63, 3.8) is 0 Å². The van der Waals surface area contributed by atoms with Gasteiger partial charge < -0.3 is 14.8 Å². The number of carbonyl (C=O) groups excluding carboxylic acids is 3. The van der Waals surface area contributed by atoms with Gasteiger partial charge in [0.1, 0.15) is 6.61 Å². The fraction of sp³-hybridized carbons (Fsp3) is 0.778. The molecule has 1 rings (SSSR count). The molecule has 0 spiro atoms. The van der Waals surface area contributed by atoms with Gasteiger partial charge in [-0.3, -0.25) is 0 Å². The highest BCUT2D eigenvalue weighted by Crippen LogP contribution is 2.03. The second-order valence-electron chi connectivity index (χ2n) is 9.55. The number of aromatic nitrogens is 3. The summed E-state index contributed by atoms with van der Waals surface area (Å²) in [5.74, 6) is 0. The Kier molecular flexibility index (Phi) is 20.0. The molecule has 1 heterocycles. The average molecular weight is 581 g/mol. The van der Waals surface area contributed by atoms with Crippen molar-refractivity contribution in [3.8, 4) is 0 Å². The fourth-order valence-electron chi connectivity index (χ4n) is 4.18. The number of rotatable bonds is 24. The molecule has 1 aromatic heterocycles. The molecule has 14 nitrogen and oxygen atoms in total. The second-order valence-corrected chi connectivity index (χ2v) is 9.55. The van der Waals surface area contributed by atoms with Crippen LogP contribution in [0.2, 0.25) is 0 Å². The minimum absolute atomic E-state index is 0.184. The highest BCUT2D eigenvalue weighted by Gasteiger charge is 2.15. The summed E-state index contributed by atoms with van der Waals surface area (Å²) in [4.78, 5) is 78.3. The molecule has 0 saturated heterocycles. The SMILES string of the molecule is COCCOC(=O)NCCCCCCn1c(=O)n(CCCCCCN=C=O)c(=O)n(CCCCCCN=C=O)c1=O. The maximum atomic E-state index is 13.1. The number of nitrogens with zero attached hydrogens (tertiary/aromatic N) is 5. The molecule has 14 heteroatoms. The number of ether oxygens (including phenoxy) is 2. The molecule has 0 atom stereocenters. The lowest BCUT2D eigenvalue weighted by Crippen LogP contribution is -2.54. The van der Waals surface area contributed by atoms with E-state index in [2.05, 4.69) is 15.3 Å². The van der Waals surface area contributed by atoms with Gasteiger partial charge in [-0.2, -0.15) is 0 Å². The van der Waals surface area contributed by atoms with Crippen molar-refractivity contribution in [3.05, 3.63) is 31.5 Å². The van der Waals surface area contributed by atoms with Gasteiger partial charge in [0.2, 0.25) is 12.2 Å². The number of carbonyl (C=O) groups is 1. The predicted octanol–water partition coefficient (Wildman–Crippen LogP) is 1.90. The van der Waals surface area contributed by atoms with Gasteiger partial charge in [0.15, 0.2) is 0 Å². The number of amides is 1. The van der Waals surface area contributed by atoms with Crippen LogP contribution in [0.25, 0.3) is 0 Å². The van der Waals surface area contributed by atoms with E-state index < -0.39 is 23.2 Å². The van der Waals surface area contributed by atoms with Crippen LogP contribution in [0.15, 0.2) is 24.4 Å². The Morgan fingerprint density at radius 1 is 0.659 bits per heavy atom. The standard InChI is InChI=1S/C27H44N6O8/c1-40-20-21-41-24(36)30-16-10-4-7-13-19-33-26(38)31(17-11-5-2-8-14-28-22-34)25(37)32(27(33)39)18-12-6-3-9-15-29-23-35/h2-21H2,1H3,(H,30,36). The molecule has 0 fully saturated rings. The van der Waals surface area contributed by atoms with Crippen LogP contribution in [0.4, 0.5) is 4.79 Å². The second kappa shape index (κ2) is 23.1. The van der Waals surface area contributed by atoms with E-state index in [1.165, 1.54) is 19.3 Å². The smallest absolute Gasteiger partial charge is 0.407 e. The van der Waals surface area contributed by atoms with Crippen molar-refractivity contribution in [2.24, 2.45) is 9.98 Å². The Bertz CT molecular complexity index is 1090. The number of hydrogen-bond acceptors (Lipinski definition) is 10. The molecule has 41 heavy (non-hydrogen) atoms. The van der Waals surface area contributed by atoms with E-state index in [4.69, 9.17) is 9.47 Å². The number of aliphatic imine (C=N–C) groups is 2. The van der Waals surface area contributed by atoms with Crippen molar-refractivity contribution < 1.29 is 23.9 Å². The number of nitrogens with one attached hydrogen (secondary N) is 1. The third-order valence-electron chi connectivity index (χ3n) is 6.42. The lowest BCUT2D eigenvalue weighted by Gasteiger charge is -2.14. The van der Waals surface area contributed by atoms with E-state index in [1.54, 1.807) is 0 Å². The summed E-state index contributed by atoms with van der Waals surface area (Å²) in [5.41, 5.74) is -1.81. The van der Waals surface area contributed by atoms with Crippen molar-refractivity contribution in [1.82, 2.24) is 19.0 Å². The molecule has 1 amide bonds. The third kappa shape index (κ3) is 15.1. The molecule has 1 N–H and O–H groups in total. The minimum atomic E-state index is -0.603. The van der Waals surface area contributed by atoms with Crippen molar-refractivity contribution in [2.45, 2.75) is 96.7 Å². The largest absolute Gasteiger partial charge is 0.447 e. The summed E-state index contributed by atoms with van der Waals surface area (Å²) in [6.45, 7) is 2.36. The normalized spacial score (nSPS) is 10.6. The van der Waals surface area contributed by atoms with Crippen molar-refractivity contribution >= 4 is 18.3 Å². The van der Waals surface area contributed by atoms with E-state index in [0.717, 1.165) is 65.1 Å². The topological polar surface area (TPSA) is 172 Å². The maximum absolute atomic E-state index is 13.1. The molecular formula is C27H44N6O8. The van der Waals surface area contributed by atoms with Gasteiger partial charge in [-0.15, -0.1) is 0 Å². The highest BCUT2D eigenvalue weighted by atomic mass is 16.6. The van der Waals surface area contributed by atoms with Crippen LogP contribution in [0, 0.1) is 0 Å². The average Bonchev–Trinajstić information content (AvgIpc) is 2.96. The number of hydrogen-bond donors (Lipinski definition) is 1. The zero-order valence-corrected chi connectivity index (χ0v) is 24.1. The summed E-state index contributed by atoms with van der Waals surface area (Å²) in [7, 11) is 1.52. The summed E-state index contributed by atoms with van der Waals surface area (Å²) in [6, 6.07) is 0. The molecule has 0 saturated carbocycles. The Labute approximate surface area is 239 Å². The summed E-state index contributed by atoms with van der Waals surface area (Å²) >= 11 is 0. The molecule has 0 aliphatic rings. The van der Waals surface area contributed by atoms with Crippen LogP contribution in [-0.4, -0.2) is 71.9 Å². The number of isocyanates is 2. The van der Waals surface area contributed by atoms with Gasteiger partial charge in [-0.1, -0.05) is 38.5 Å². The maximum Gasteiger partial charge on any atom is 0.407 e. The molecule has 0 bridgehead atoms. The van der Waals surface area contributed by atoms with Crippen LogP contribution >= 0.6 is 0 Å². The zero-order valence-electron chi connectivity index (χ0n) is 24.1. The van der Waals surface area contributed by atoms with Crippen LogP contribution in [0.3, 0.4) is 0 Å². The molecular weight excluding hydrogens is 536 g/mol. The van der Waals surface area contributed by atoms with Gasteiger partial charge in [-0.25, -0.2) is 52.5 Å². The van der Waals surface area contributed by atoms with E-state index in [-0.39, 0.29) is 26.2 Å². The highest BCUT2D eigenvalue weighted by molar-refractivity contribution is 5.66. The van der Waals surface area contributed by atoms with E-state index in [1.807, 2.05) is 0 Å². The summed E-state index contributed by atoms with van der Waals surface area (Å²) in [6.07, 6.45) is 11.0. The quantitative estimate of drug-likeness (QED) is 0.110. The van der Waals surface area contributed by atoms with E-state index >= 15 is 0 Å². The third-order valence-corrected chi connectivity index (χ3v) is 6.42. The minimum Gasteiger partial charge on any atom is -0.447 e. The van der Waals surface area contributed by atoms with Crippen molar-refractivity contribution in [2.75, 3.05) is 40.0 Å². The first-order valence-electron chi connectivity index (χ1n) is 14.4. The summed E-state index contributed by atoms with van der Waals surface area (Å²) in [5, 5.41) is 2.66. The first-order chi connectivity index (χ1) is 20.0. The molecule has 0 aliphatic heterocycles. The number of unbranched alkanes of at least 4 members (excludes halogenated alkanes) is 9. The molecule has 230 valence electrons. The van der Waals surface area contributed by atoms with Gasteiger partial charge in [0, 0.05) is 33.3 Å². The Morgan fingerprint density at radius 3 is 1.49 bits per heavy atom. The van der Waals surface area contributed by atoms with Gasteiger partial charge >= 0.3 is 23.2 Å². The van der Waals surface area contributed by atoms with E-state index in [0.29, 0.717) is 51.9 Å². The molecule has 0 aliphatic carbocycles. The van der Waals surface area contributed by atoms with Gasteiger partial charge in [0.25, 0.3) is 0 Å². The first kappa shape index (κ1) is 35.4. The molecule has 0 unspecified atom stereocenters. The fourth-order valence-corrected chi connectivity index (χ4v) is 4.18. The molecule has 0 aromatic carbocycles. The number of alkyl carbamates (subject to hydrolysis) is 1. The Hall–Kier alpha value is -3.60. The number of methoxy groups -OCH3 is 1. The van der Waals surface area contributed by atoms with Crippen LogP contribution in [-0.2, 0) is 38.7 Å². The van der Waals surface area contributed by atoms with Crippen molar-refractivity contribution in [1.29, 1.82) is 0 Å². The van der Waals surface area contributed by atoms with Crippen LogP contribution in [0.1, 0.15) is 77.0 Å². The van der Waals surface area contributed by atoms with Gasteiger partial charge in [-0.05, 0) is 38.5 Å². The lowest BCUT2D eigenvalue weighted by atomic mass is 10.2. The first-order valence-corrected chi connectivity index (χ1v) is 14.4. The Morgan fingerprint density at radius 2 is 1.07 bits per heavy atom. The Balaban J connectivity index is 2.75. The van der Waals surface area contributed by atoms with Crippen LogP contribution < -0.4 is 22.4 Å². The zero-order chi connectivity index (χ0) is 30.1. The monoisotopic (exact) mass is 580 g/mol. The lowest BCUT2D eigenvalue weighted by molar-refractivity contribution is 0.0985. The predicted molar refractivity (Wildman–Crippen MR) is 152 cm³/mol.